The zero-order valence-corrected chi connectivity index (χ0v) is 19.8. The van der Waals surface area contributed by atoms with E-state index in [9.17, 15) is 19.5 Å². The molecular formula is C19H18N8O4S3. The van der Waals surface area contributed by atoms with Gasteiger partial charge >= 0.3 is 5.97 Å². The molecule has 0 bridgehead atoms. The number of carboxylic acids is 1. The highest BCUT2D eigenvalue weighted by Crippen LogP contribution is 2.41. The van der Waals surface area contributed by atoms with Crippen molar-refractivity contribution in [2.24, 2.45) is 0 Å². The van der Waals surface area contributed by atoms with Crippen LogP contribution in [0, 0.1) is 0 Å². The number of nitrogen functional groups attached to an aromatic ring is 1. The maximum atomic E-state index is 12.8. The summed E-state index contributed by atoms with van der Waals surface area (Å²) in [6.45, 7) is 0. The predicted molar refractivity (Wildman–Crippen MR) is 126 cm³/mol. The molecule has 1 fully saturated rings. The van der Waals surface area contributed by atoms with Crippen molar-refractivity contribution in [3.05, 3.63) is 52.1 Å². The first kappa shape index (κ1) is 22.5. The molecule has 1 saturated heterocycles. The third-order valence-corrected chi connectivity index (χ3v) is 8.46. The smallest absolute Gasteiger partial charge is 0.352 e. The lowest BCUT2D eigenvalue weighted by molar-refractivity contribution is -0.150. The number of rotatable bonds is 8. The lowest BCUT2D eigenvalue weighted by Gasteiger charge is -2.49. The minimum Gasteiger partial charge on any atom is -0.477 e. The Morgan fingerprint density at radius 1 is 1.32 bits per heavy atom. The molecule has 0 saturated carbocycles. The van der Waals surface area contributed by atoms with Crippen LogP contribution in [-0.2, 0) is 20.8 Å². The van der Waals surface area contributed by atoms with Gasteiger partial charge in [0.25, 0.3) is 11.9 Å². The molecule has 0 spiro atoms. The number of aromatic nitrogens is 5. The Balaban J connectivity index is 1.27. The molecule has 5 heterocycles. The van der Waals surface area contributed by atoms with Crippen molar-refractivity contribution in [3.63, 3.8) is 0 Å². The molecule has 2 aliphatic heterocycles. The van der Waals surface area contributed by atoms with Gasteiger partial charge in [-0.05, 0) is 23.1 Å². The number of aliphatic carboxylic acids is 1. The Hall–Kier alpha value is -3.30. The quantitative estimate of drug-likeness (QED) is 0.215. The molecule has 2 amide bonds. The van der Waals surface area contributed by atoms with Crippen molar-refractivity contribution in [2.75, 3.05) is 17.3 Å². The molecule has 0 aromatic carbocycles. The first-order valence-electron chi connectivity index (χ1n) is 9.99. The molecule has 34 heavy (non-hydrogen) atoms. The second kappa shape index (κ2) is 9.15. The molecule has 0 aliphatic carbocycles. The highest BCUT2D eigenvalue weighted by Gasteiger charge is 2.54. The second-order valence-electron chi connectivity index (χ2n) is 7.36. The summed E-state index contributed by atoms with van der Waals surface area (Å²) >= 11 is 4.10. The summed E-state index contributed by atoms with van der Waals surface area (Å²) in [6.07, 6.45) is 3.45. The number of nitrogens with one attached hydrogen (secondary N) is 1. The lowest BCUT2D eigenvalue weighted by Crippen LogP contribution is -2.70. The van der Waals surface area contributed by atoms with Crippen molar-refractivity contribution in [1.82, 2.24) is 34.9 Å². The van der Waals surface area contributed by atoms with Gasteiger partial charge in [-0.1, -0.05) is 17.8 Å². The van der Waals surface area contributed by atoms with Gasteiger partial charge in [0.05, 0.1) is 6.42 Å². The fourth-order valence-electron chi connectivity index (χ4n) is 3.65. The largest absolute Gasteiger partial charge is 0.477 e. The normalized spacial score (nSPS) is 19.6. The topological polar surface area (TPSA) is 161 Å². The molecule has 4 N–H and O–H groups in total. The Labute approximate surface area is 205 Å². The van der Waals surface area contributed by atoms with Gasteiger partial charge < -0.3 is 16.3 Å². The van der Waals surface area contributed by atoms with E-state index in [2.05, 4.69) is 20.6 Å². The minimum atomic E-state index is -1.19. The number of fused-ring (bicyclic) bond motifs is 1. The average Bonchev–Trinajstić information content (AvgIpc) is 3.58. The molecule has 3 aromatic heterocycles. The molecule has 15 heteroatoms. The Morgan fingerprint density at radius 3 is 2.88 bits per heavy atom. The van der Waals surface area contributed by atoms with E-state index in [0.717, 1.165) is 4.88 Å². The van der Waals surface area contributed by atoms with Crippen LogP contribution in [0.15, 0.2) is 52.4 Å². The third-order valence-electron chi connectivity index (χ3n) is 5.21. The highest BCUT2D eigenvalue weighted by atomic mass is 32.2. The van der Waals surface area contributed by atoms with Crippen LogP contribution >= 0.6 is 34.9 Å². The second-order valence-corrected chi connectivity index (χ2v) is 10.4. The van der Waals surface area contributed by atoms with Gasteiger partial charge in [-0.15, -0.1) is 33.3 Å². The molecule has 1 unspecified atom stereocenters. The minimum absolute atomic E-state index is 0.0552. The van der Waals surface area contributed by atoms with Crippen LogP contribution in [0.3, 0.4) is 0 Å². The first-order chi connectivity index (χ1) is 16.4. The SMILES string of the molecule is Nn1c(SCC2=C(C(=O)O)N3C(=O)C(NC(=O)Cc4cccs4)[C@H]3SC2)nnc1-n1cccn1. The Morgan fingerprint density at radius 2 is 2.18 bits per heavy atom. The summed E-state index contributed by atoms with van der Waals surface area (Å²) in [7, 11) is 0. The Kier molecular flexibility index (Phi) is 6.05. The first-order valence-corrected chi connectivity index (χ1v) is 12.9. The maximum absolute atomic E-state index is 12.8. The predicted octanol–water partition coefficient (Wildman–Crippen LogP) is 0.313. The zero-order valence-electron chi connectivity index (χ0n) is 17.4. The van der Waals surface area contributed by atoms with Crippen LogP contribution in [0.2, 0.25) is 0 Å². The molecule has 2 atom stereocenters. The summed E-state index contributed by atoms with van der Waals surface area (Å²) in [5.74, 6) is 5.15. The molecule has 0 radical (unpaired) electrons. The number of carboxylic acid groups (broad SMARTS) is 1. The van der Waals surface area contributed by atoms with E-state index in [4.69, 9.17) is 5.84 Å². The molecule has 5 rings (SSSR count). The van der Waals surface area contributed by atoms with E-state index in [1.807, 2.05) is 17.5 Å². The summed E-state index contributed by atoms with van der Waals surface area (Å²) in [5, 5.41) is 26.5. The standard InChI is InChI=1S/C19H18N8O4S3/c20-27-18(25-5-2-4-21-25)23-24-19(27)34-9-10-8-33-16-13(15(29)26(16)14(10)17(30)31)22-12(28)7-11-3-1-6-32-11/h1-6,13,16H,7-9,20H2,(H,22,28)(H,30,31)/t13?,16-/m1/s1. The number of β-lactam (4-membered cyclic amide) rings is 1. The van der Waals surface area contributed by atoms with E-state index < -0.39 is 23.3 Å². The average molecular weight is 519 g/mol. The Bertz CT molecular complexity index is 1270. The van der Waals surface area contributed by atoms with E-state index in [1.165, 1.54) is 49.1 Å². The summed E-state index contributed by atoms with van der Waals surface area (Å²) in [6, 6.07) is 4.69. The van der Waals surface area contributed by atoms with Gasteiger partial charge in [0.15, 0.2) is 0 Å². The van der Waals surface area contributed by atoms with Crippen molar-refractivity contribution in [2.45, 2.75) is 23.0 Å². The van der Waals surface area contributed by atoms with Crippen molar-refractivity contribution in [1.29, 1.82) is 0 Å². The van der Waals surface area contributed by atoms with Gasteiger partial charge in [-0.2, -0.15) is 5.10 Å². The van der Waals surface area contributed by atoms with Crippen LogP contribution in [0.1, 0.15) is 4.88 Å². The number of thiophene rings is 1. The maximum Gasteiger partial charge on any atom is 0.352 e. The number of nitrogens with two attached hydrogens (primary N) is 1. The van der Waals surface area contributed by atoms with Gasteiger partial charge in [-0.25, -0.2) is 14.2 Å². The number of amides is 2. The molecular weight excluding hydrogens is 500 g/mol. The van der Waals surface area contributed by atoms with E-state index in [1.54, 1.807) is 18.5 Å². The van der Waals surface area contributed by atoms with Crippen molar-refractivity contribution < 1.29 is 19.5 Å². The number of carbonyl (C=O) groups excluding carboxylic acids is 2. The van der Waals surface area contributed by atoms with Gasteiger partial charge in [-0.3, -0.25) is 14.5 Å². The monoisotopic (exact) mass is 518 g/mol. The fraction of sp³-hybridized carbons (Fsp3) is 0.263. The van der Waals surface area contributed by atoms with Crippen LogP contribution in [0.4, 0.5) is 0 Å². The van der Waals surface area contributed by atoms with Crippen LogP contribution in [0.5, 0.6) is 0 Å². The molecule has 12 nitrogen and oxygen atoms in total. The number of hydrogen-bond acceptors (Lipinski definition) is 10. The van der Waals surface area contributed by atoms with Gasteiger partial charge in [0, 0.05) is 28.8 Å². The van der Waals surface area contributed by atoms with Crippen LogP contribution < -0.4 is 11.2 Å². The van der Waals surface area contributed by atoms with Crippen LogP contribution in [0.25, 0.3) is 5.95 Å². The van der Waals surface area contributed by atoms with E-state index >= 15 is 0 Å². The lowest BCUT2D eigenvalue weighted by atomic mass is 10.0. The number of carbonyl (C=O) groups is 3. The van der Waals surface area contributed by atoms with E-state index in [0.29, 0.717) is 22.4 Å². The van der Waals surface area contributed by atoms with Crippen molar-refractivity contribution in [3.8, 4) is 5.95 Å². The fourth-order valence-corrected chi connectivity index (χ4v) is 6.69. The summed E-state index contributed by atoms with van der Waals surface area (Å²) in [5.41, 5.74) is 0.513. The van der Waals surface area contributed by atoms with Gasteiger partial charge in [0.2, 0.25) is 11.1 Å². The summed E-state index contributed by atoms with van der Waals surface area (Å²) < 4.78 is 2.73. The number of hydrogen-bond donors (Lipinski definition) is 3. The van der Waals surface area contributed by atoms with Crippen LogP contribution in [-0.4, -0.2) is 75.4 Å². The molecule has 3 aromatic rings. The molecule has 2 aliphatic rings. The highest BCUT2D eigenvalue weighted by molar-refractivity contribution is 8.01. The number of nitrogens with zero attached hydrogens (tertiary/aromatic N) is 6. The summed E-state index contributed by atoms with van der Waals surface area (Å²) in [4.78, 5) is 39.3. The third kappa shape index (κ3) is 4.05. The zero-order chi connectivity index (χ0) is 23.8. The van der Waals surface area contributed by atoms with E-state index in [-0.39, 0.29) is 23.8 Å². The van der Waals surface area contributed by atoms with Gasteiger partial charge in [0.1, 0.15) is 17.1 Å². The van der Waals surface area contributed by atoms with Crippen molar-refractivity contribution >= 4 is 52.6 Å². The molecule has 176 valence electrons. The number of thioether (sulfide) groups is 2.